The monoisotopic (exact) mass is 299 g/mol. The van der Waals surface area contributed by atoms with Gasteiger partial charge in [-0.3, -0.25) is 4.98 Å². The molecule has 0 aliphatic heterocycles. The van der Waals surface area contributed by atoms with Gasteiger partial charge in [0.2, 0.25) is 0 Å². The molecular weight excluding hydrogens is 278 g/mol. The van der Waals surface area contributed by atoms with Crippen molar-refractivity contribution in [2.24, 2.45) is 0 Å². The van der Waals surface area contributed by atoms with Crippen molar-refractivity contribution in [1.82, 2.24) is 9.88 Å². The minimum Gasteiger partial charge on any atom is -0.497 e. The van der Waals surface area contributed by atoms with Crippen LogP contribution >= 0.6 is 0 Å². The van der Waals surface area contributed by atoms with Crippen LogP contribution in [0.4, 0.5) is 10.5 Å². The summed E-state index contributed by atoms with van der Waals surface area (Å²) < 4.78 is 5.13. The molecule has 0 bridgehead atoms. The number of benzene rings is 1. The van der Waals surface area contributed by atoms with Crippen molar-refractivity contribution < 1.29 is 9.53 Å². The Balaban J connectivity index is 1.74. The number of rotatable bonds is 6. The lowest BCUT2D eigenvalue weighted by atomic mass is 10.1. The highest BCUT2D eigenvalue weighted by Gasteiger charge is 2.08. The highest BCUT2D eigenvalue weighted by molar-refractivity contribution is 5.88. The van der Waals surface area contributed by atoms with Gasteiger partial charge in [-0.05, 0) is 42.7 Å². The predicted octanol–water partition coefficient (Wildman–Crippen LogP) is 3.19. The molecule has 0 spiro atoms. The summed E-state index contributed by atoms with van der Waals surface area (Å²) in [6, 6.07) is 11.4. The number of amides is 2. The minimum atomic E-state index is -0.110. The standard InChI is InChI=1S/C17H21N3O2/c1-20(17(21)19-15-9-11-18-12-10-15)13-3-4-14-5-7-16(22-2)8-6-14/h5-12H,3-4,13H2,1-2H3,(H,18,19,21). The van der Waals surface area contributed by atoms with Crippen LogP contribution in [0.25, 0.3) is 0 Å². The SMILES string of the molecule is COc1ccc(CCCN(C)C(=O)Nc2ccncc2)cc1. The van der Waals surface area contributed by atoms with Crippen molar-refractivity contribution in [1.29, 1.82) is 0 Å². The molecule has 0 radical (unpaired) electrons. The number of ether oxygens (including phenoxy) is 1. The Kier molecular flexibility index (Phi) is 5.77. The number of carbonyl (C=O) groups is 1. The molecular formula is C17H21N3O2. The van der Waals surface area contributed by atoms with Crippen LogP contribution in [0.3, 0.4) is 0 Å². The largest absolute Gasteiger partial charge is 0.497 e. The molecule has 0 unspecified atom stereocenters. The van der Waals surface area contributed by atoms with Gasteiger partial charge in [0, 0.05) is 31.7 Å². The van der Waals surface area contributed by atoms with Gasteiger partial charge < -0.3 is 15.0 Å². The van der Waals surface area contributed by atoms with Gasteiger partial charge >= 0.3 is 6.03 Å². The molecule has 0 saturated heterocycles. The summed E-state index contributed by atoms with van der Waals surface area (Å²) in [7, 11) is 3.45. The molecule has 1 aromatic heterocycles. The lowest BCUT2D eigenvalue weighted by molar-refractivity contribution is 0.222. The molecule has 2 rings (SSSR count). The fraction of sp³-hybridized carbons (Fsp3) is 0.294. The molecule has 22 heavy (non-hydrogen) atoms. The van der Waals surface area contributed by atoms with E-state index in [1.54, 1.807) is 43.6 Å². The summed E-state index contributed by atoms with van der Waals surface area (Å²) in [4.78, 5) is 17.6. The summed E-state index contributed by atoms with van der Waals surface area (Å²) in [5.74, 6) is 0.859. The van der Waals surface area contributed by atoms with E-state index < -0.39 is 0 Å². The van der Waals surface area contributed by atoms with Crippen LogP contribution in [0, 0.1) is 0 Å². The van der Waals surface area contributed by atoms with Crippen LogP contribution in [0.1, 0.15) is 12.0 Å². The number of hydrogen-bond donors (Lipinski definition) is 1. The van der Waals surface area contributed by atoms with E-state index in [9.17, 15) is 4.79 Å². The van der Waals surface area contributed by atoms with E-state index in [0.29, 0.717) is 6.54 Å². The Morgan fingerprint density at radius 1 is 1.18 bits per heavy atom. The fourth-order valence-electron chi connectivity index (χ4n) is 2.07. The number of anilines is 1. The van der Waals surface area contributed by atoms with Crippen molar-refractivity contribution in [3.63, 3.8) is 0 Å². The van der Waals surface area contributed by atoms with Gasteiger partial charge in [-0.15, -0.1) is 0 Å². The van der Waals surface area contributed by atoms with Crippen LogP contribution < -0.4 is 10.1 Å². The van der Waals surface area contributed by atoms with Crippen LogP contribution in [0.15, 0.2) is 48.8 Å². The third kappa shape index (κ3) is 4.77. The zero-order valence-corrected chi connectivity index (χ0v) is 13.0. The summed E-state index contributed by atoms with van der Waals surface area (Å²) in [5.41, 5.74) is 1.99. The van der Waals surface area contributed by atoms with Gasteiger partial charge in [0.1, 0.15) is 5.75 Å². The summed E-state index contributed by atoms with van der Waals surface area (Å²) in [6.07, 6.45) is 5.14. The smallest absolute Gasteiger partial charge is 0.321 e. The summed E-state index contributed by atoms with van der Waals surface area (Å²) in [6.45, 7) is 0.697. The van der Waals surface area contributed by atoms with Crippen molar-refractivity contribution >= 4 is 11.7 Å². The van der Waals surface area contributed by atoms with E-state index >= 15 is 0 Å². The second kappa shape index (κ2) is 8.02. The third-order valence-electron chi connectivity index (χ3n) is 3.40. The molecule has 2 aromatic rings. The first-order chi connectivity index (χ1) is 10.7. The molecule has 116 valence electrons. The molecule has 1 heterocycles. The van der Waals surface area contributed by atoms with Gasteiger partial charge in [0.25, 0.3) is 0 Å². The number of methoxy groups -OCH3 is 1. The normalized spacial score (nSPS) is 10.1. The lowest BCUT2D eigenvalue weighted by Gasteiger charge is -2.17. The maximum absolute atomic E-state index is 12.0. The summed E-state index contributed by atoms with van der Waals surface area (Å²) >= 11 is 0. The van der Waals surface area contributed by atoms with Crippen molar-refractivity contribution in [3.8, 4) is 5.75 Å². The fourth-order valence-corrected chi connectivity index (χ4v) is 2.07. The van der Waals surface area contributed by atoms with E-state index in [0.717, 1.165) is 24.3 Å². The van der Waals surface area contributed by atoms with Gasteiger partial charge in [0.05, 0.1) is 7.11 Å². The minimum absolute atomic E-state index is 0.110. The average Bonchev–Trinajstić information content (AvgIpc) is 2.56. The average molecular weight is 299 g/mol. The molecule has 0 fully saturated rings. The second-order valence-electron chi connectivity index (χ2n) is 5.04. The molecule has 0 atom stereocenters. The number of hydrogen-bond acceptors (Lipinski definition) is 3. The van der Waals surface area contributed by atoms with Crippen LogP contribution in [0.5, 0.6) is 5.75 Å². The first kappa shape index (κ1) is 15.8. The Labute approximate surface area is 130 Å². The van der Waals surface area contributed by atoms with E-state index in [1.807, 2.05) is 12.1 Å². The Hall–Kier alpha value is -2.56. The van der Waals surface area contributed by atoms with Crippen LogP contribution in [0.2, 0.25) is 0 Å². The van der Waals surface area contributed by atoms with E-state index in [2.05, 4.69) is 22.4 Å². The first-order valence-corrected chi connectivity index (χ1v) is 7.24. The zero-order valence-electron chi connectivity index (χ0n) is 13.0. The maximum atomic E-state index is 12.0. The van der Waals surface area contributed by atoms with Gasteiger partial charge in [-0.1, -0.05) is 12.1 Å². The highest BCUT2D eigenvalue weighted by atomic mass is 16.5. The molecule has 0 aliphatic rings. The van der Waals surface area contributed by atoms with Gasteiger partial charge in [0.15, 0.2) is 0 Å². The number of urea groups is 1. The quantitative estimate of drug-likeness (QED) is 0.891. The van der Waals surface area contributed by atoms with Gasteiger partial charge in [-0.25, -0.2) is 4.79 Å². The Morgan fingerprint density at radius 3 is 2.50 bits per heavy atom. The van der Waals surface area contributed by atoms with E-state index in [4.69, 9.17) is 4.74 Å². The second-order valence-corrected chi connectivity index (χ2v) is 5.04. The van der Waals surface area contributed by atoms with E-state index in [-0.39, 0.29) is 6.03 Å². The number of pyridine rings is 1. The van der Waals surface area contributed by atoms with Crippen LogP contribution in [-0.2, 0) is 6.42 Å². The molecule has 1 N–H and O–H groups in total. The predicted molar refractivity (Wildman–Crippen MR) is 87.2 cm³/mol. The molecule has 2 amide bonds. The number of nitrogens with zero attached hydrogens (tertiary/aromatic N) is 2. The maximum Gasteiger partial charge on any atom is 0.321 e. The number of carbonyl (C=O) groups excluding carboxylic acids is 1. The molecule has 1 aromatic carbocycles. The topological polar surface area (TPSA) is 54.5 Å². The van der Waals surface area contributed by atoms with Crippen molar-refractivity contribution in [2.75, 3.05) is 26.0 Å². The zero-order chi connectivity index (χ0) is 15.8. The number of aromatic nitrogens is 1. The third-order valence-corrected chi connectivity index (χ3v) is 3.40. The molecule has 0 aliphatic carbocycles. The van der Waals surface area contributed by atoms with Crippen molar-refractivity contribution in [3.05, 3.63) is 54.4 Å². The Morgan fingerprint density at radius 2 is 1.86 bits per heavy atom. The molecule has 0 saturated carbocycles. The highest BCUT2D eigenvalue weighted by Crippen LogP contribution is 2.13. The van der Waals surface area contributed by atoms with Gasteiger partial charge in [-0.2, -0.15) is 0 Å². The number of nitrogens with one attached hydrogen (secondary N) is 1. The van der Waals surface area contributed by atoms with Crippen molar-refractivity contribution in [2.45, 2.75) is 12.8 Å². The Bertz CT molecular complexity index is 585. The van der Waals surface area contributed by atoms with E-state index in [1.165, 1.54) is 5.56 Å². The first-order valence-electron chi connectivity index (χ1n) is 7.24. The molecule has 5 nitrogen and oxygen atoms in total. The number of aryl methyl sites for hydroxylation is 1. The summed E-state index contributed by atoms with van der Waals surface area (Å²) in [5, 5.41) is 2.84. The lowest BCUT2D eigenvalue weighted by Crippen LogP contribution is -2.32. The molecule has 5 heteroatoms. The van der Waals surface area contributed by atoms with Crippen LogP contribution in [-0.4, -0.2) is 36.6 Å².